The summed E-state index contributed by atoms with van der Waals surface area (Å²) in [5.41, 5.74) is 0.334. The second-order valence-electron chi connectivity index (χ2n) is 3.28. The molecule has 6 heteroatoms. The predicted molar refractivity (Wildman–Crippen MR) is 56.2 cm³/mol. The third-order valence-corrected chi connectivity index (χ3v) is 2.28. The second-order valence-corrected chi connectivity index (χ2v) is 3.28. The maximum absolute atomic E-state index is 10.6. The molecule has 0 heterocycles. The van der Waals surface area contributed by atoms with Crippen molar-refractivity contribution in [3.63, 3.8) is 0 Å². The van der Waals surface area contributed by atoms with Crippen LogP contribution in [0.25, 0.3) is 0 Å². The van der Waals surface area contributed by atoms with Crippen molar-refractivity contribution >= 4 is 0 Å². The zero-order valence-electron chi connectivity index (χ0n) is 8.79. The summed E-state index contributed by atoms with van der Waals surface area (Å²) in [5.74, 6) is 0.306. The summed E-state index contributed by atoms with van der Waals surface area (Å²) in [4.78, 5) is 9.99. The first-order chi connectivity index (χ1) is 7.60. The van der Waals surface area contributed by atoms with Gasteiger partial charge < -0.3 is 14.9 Å². The van der Waals surface area contributed by atoms with E-state index in [0.717, 1.165) is 0 Å². The summed E-state index contributed by atoms with van der Waals surface area (Å²) in [6.07, 6.45) is -0.0701. The van der Waals surface area contributed by atoms with E-state index in [0.29, 0.717) is 11.3 Å². The fourth-order valence-electron chi connectivity index (χ4n) is 1.39. The van der Waals surface area contributed by atoms with E-state index in [-0.39, 0.29) is 12.2 Å². The van der Waals surface area contributed by atoms with E-state index >= 15 is 0 Å². The Balaban J connectivity index is 2.98. The van der Waals surface area contributed by atoms with E-state index in [9.17, 15) is 15.2 Å². The molecule has 16 heavy (non-hydrogen) atoms. The molecule has 1 unspecified atom stereocenters. The molecule has 0 radical (unpaired) electrons. The third-order valence-electron chi connectivity index (χ3n) is 2.28. The van der Waals surface area contributed by atoms with Gasteiger partial charge in [0.2, 0.25) is 6.04 Å². The normalized spacial score (nSPS) is 12.1. The van der Waals surface area contributed by atoms with Crippen molar-refractivity contribution in [2.75, 3.05) is 13.7 Å². The Kier molecular flexibility index (Phi) is 4.07. The van der Waals surface area contributed by atoms with Gasteiger partial charge in [-0.3, -0.25) is 10.1 Å². The number of aromatic hydroxyl groups is 1. The van der Waals surface area contributed by atoms with Gasteiger partial charge in [-0.25, -0.2) is 0 Å². The third kappa shape index (κ3) is 2.60. The van der Waals surface area contributed by atoms with Gasteiger partial charge >= 0.3 is 0 Å². The smallest absolute Gasteiger partial charge is 0.240 e. The molecule has 0 fully saturated rings. The molecular formula is C10H13NO5. The minimum atomic E-state index is -1.14. The number of phenolic OH excluding ortho intramolecular Hbond substituents is 1. The van der Waals surface area contributed by atoms with Crippen molar-refractivity contribution < 1.29 is 19.9 Å². The molecule has 1 atom stereocenters. The topological polar surface area (TPSA) is 92.8 Å². The summed E-state index contributed by atoms with van der Waals surface area (Å²) in [6.45, 7) is -0.579. The summed E-state index contributed by atoms with van der Waals surface area (Å²) in [6, 6.07) is 3.47. The van der Waals surface area contributed by atoms with Crippen molar-refractivity contribution in [2.45, 2.75) is 12.5 Å². The highest BCUT2D eigenvalue weighted by molar-refractivity contribution is 5.44. The average Bonchev–Trinajstić information content (AvgIpc) is 2.26. The van der Waals surface area contributed by atoms with Gasteiger partial charge in [-0.15, -0.1) is 0 Å². The number of ether oxygens (including phenoxy) is 1. The monoisotopic (exact) mass is 227 g/mol. The lowest BCUT2D eigenvalue weighted by Crippen LogP contribution is -2.26. The fourth-order valence-corrected chi connectivity index (χ4v) is 1.39. The fraction of sp³-hybridized carbons (Fsp3) is 0.400. The molecule has 1 aromatic rings. The number of rotatable bonds is 5. The lowest BCUT2D eigenvalue weighted by molar-refractivity contribution is -0.525. The van der Waals surface area contributed by atoms with Crippen LogP contribution in [-0.2, 0) is 6.42 Å². The molecule has 0 spiro atoms. The minimum Gasteiger partial charge on any atom is -0.508 e. The molecule has 0 aliphatic rings. The van der Waals surface area contributed by atoms with Crippen LogP contribution in [0.4, 0.5) is 0 Å². The van der Waals surface area contributed by atoms with Crippen LogP contribution in [0, 0.1) is 10.1 Å². The Morgan fingerprint density at radius 1 is 1.56 bits per heavy atom. The van der Waals surface area contributed by atoms with Gasteiger partial charge in [0, 0.05) is 16.9 Å². The summed E-state index contributed by atoms with van der Waals surface area (Å²) in [5, 5.41) is 29.0. The van der Waals surface area contributed by atoms with E-state index in [2.05, 4.69) is 0 Å². The Hall–Kier alpha value is -1.82. The molecular weight excluding hydrogens is 214 g/mol. The van der Waals surface area contributed by atoms with Gasteiger partial charge in [0.25, 0.3) is 0 Å². The molecule has 1 aromatic carbocycles. The molecule has 1 rings (SSSR count). The molecule has 0 saturated carbocycles. The number of phenols is 1. The van der Waals surface area contributed by atoms with Crippen LogP contribution in [0.3, 0.4) is 0 Å². The van der Waals surface area contributed by atoms with Crippen molar-refractivity contribution in [2.24, 2.45) is 0 Å². The van der Waals surface area contributed by atoms with Gasteiger partial charge in [0.1, 0.15) is 18.1 Å². The van der Waals surface area contributed by atoms with Crippen LogP contribution in [0.5, 0.6) is 11.5 Å². The van der Waals surface area contributed by atoms with Crippen LogP contribution in [0.2, 0.25) is 0 Å². The number of hydrogen-bond acceptors (Lipinski definition) is 5. The molecule has 0 amide bonds. The van der Waals surface area contributed by atoms with Crippen LogP contribution in [-0.4, -0.2) is 34.9 Å². The largest absolute Gasteiger partial charge is 0.508 e. The highest BCUT2D eigenvalue weighted by Gasteiger charge is 2.23. The number of aliphatic hydroxyl groups excluding tert-OH is 1. The number of hydrogen-bond donors (Lipinski definition) is 2. The summed E-state index contributed by atoms with van der Waals surface area (Å²) < 4.78 is 4.99. The van der Waals surface area contributed by atoms with Gasteiger partial charge in [0.05, 0.1) is 7.11 Å². The molecule has 0 saturated heterocycles. The summed E-state index contributed by atoms with van der Waals surface area (Å²) >= 11 is 0. The lowest BCUT2D eigenvalue weighted by atomic mass is 10.0. The molecule has 6 nitrogen and oxygen atoms in total. The Morgan fingerprint density at radius 3 is 2.75 bits per heavy atom. The second kappa shape index (κ2) is 5.32. The molecule has 0 aliphatic carbocycles. The minimum absolute atomic E-state index is 0.0698. The van der Waals surface area contributed by atoms with Crippen molar-refractivity contribution in [1.82, 2.24) is 0 Å². The molecule has 88 valence electrons. The number of methoxy groups -OCH3 is 1. The number of nitrogens with zero attached hydrogens (tertiary/aromatic N) is 1. The van der Waals surface area contributed by atoms with E-state index in [1.807, 2.05) is 0 Å². The summed E-state index contributed by atoms with van der Waals surface area (Å²) in [7, 11) is 1.42. The molecule has 0 bridgehead atoms. The standard InChI is InChI=1S/C10H13NO5/c1-16-10-4-2-3-9(13)8(10)5-7(6-12)11(14)15/h2-4,7,12-13H,5-6H2,1H3. The molecule has 0 aromatic heterocycles. The van der Waals surface area contributed by atoms with E-state index in [4.69, 9.17) is 9.84 Å². The number of nitro groups is 1. The van der Waals surface area contributed by atoms with Crippen molar-refractivity contribution in [3.05, 3.63) is 33.9 Å². The maximum atomic E-state index is 10.6. The van der Waals surface area contributed by atoms with Crippen LogP contribution >= 0.6 is 0 Å². The van der Waals surface area contributed by atoms with Crippen LogP contribution in [0.15, 0.2) is 18.2 Å². The maximum Gasteiger partial charge on any atom is 0.240 e. The van der Waals surface area contributed by atoms with E-state index < -0.39 is 17.6 Å². The van der Waals surface area contributed by atoms with E-state index in [1.54, 1.807) is 12.1 Å². The quantitative estimate of drug-likeness (QED) is 0.567. The zero-order valence-corrected chi connectivity index (χ0v) is 8.79. The van der Waals surface area contributed by atoms with Crippen LogP contribution in [0.1, 0.15) is 5.56 Å². The first-order valence-electron chi connectivity index (χ1n) is 4.69. The van der Waals surface area contributed by atoms with Crippen molar-refractivity contribution in [3.8, 4) is 11.5 Å². The Bertz CT molecular complexity index is 379. The van der Waals surface area contributed by atoms with Crippen molar-refractivity contribution in [1.29, 1.82) is 0 Å². The van der Waals surface area contributed by atoms with Gasteiger partial charge in [-0.05, 0) is 12.1 Å². The number of benzene rings is 1. The Labute approximate surface area is 92.2 Å². The van der Waals surface area contributed by atoms with Gasteiger partial charge in [-0.2, -0.15) is 0 Å². The first kappa shape index (κ1) is 12.3. The highest BCUT2D eigenvalue weighted by atomic mass is 16.6. The Morgan fingerprint density at radius 2 is 2.25 bits per heavy atom. The highest BCUT2D eigenvalue weighted by Crippen LogP contribution is 2.28. The first-order valence-corrected chi connectivity index (χ1v) is 4.69. The van der Waals surface area contributed by atoms with Gasteiger partial charge in [0.15, 0.2) is 0 Å². The molecule has 0 aliphatic heterocycles. The number of aliphatic hydroxyl groups is 1. The SMILES string of the molecule is COc1cccc(O)c1CC(CO)[N+](=O)[O-]. The average molecular weight is 227 g/mol. The predicted octanol–water partition coefficient (Wildman–Crippen LogP) is 0.581. The molecule has 2 N–H and O–H groups in total. The van der Waals surface area contributed by atoms with E-state index in [1.165, 1.54) is 13.2 Å². The van der Waals surface area contributed by atoms with Gasteiger partial charge in [-0.1, -0.05) is 6.07 Å². The van der Waals surface area contributed by atoms with Crippen LogP contribution < -0.4 is 4.74 Å². The lowest BCUT2D eigenvalue weighted by Gasteiger charge is -2.11. The zero-order chi connectivity index (χ0) is 12.1.